The number of hydrogen-bond donors (Lipinski definition) is 1. The number of carbonyl (C=O) groups is 1. The maximum absolute atomic E-state index is 10.6. The van der Waals surface area contributed by atoms with Gasteiger partial charge in [-0.3, -0.25) is 9.99 Å². The summed E-state index contributed by atoms with van der Waals surface area (Å²) in [6, 6.07) is 1.49. The molecule has 0 aliphatic carbocycles. The van der Waals surface area contributed by atoms with E-state index in [0.717, 1.165) is 6.54 Å². The molecule has 78 valence electrons. The fourth-order valence-electron chi connectivity index (χ4n) is 1.28. The van der Waals surface area contributed by atoms with Gasteiger partial charge >= 0.3 is 18.9 Å². The number of hydrazone groups is 1. The van der Waals surface area contributed by atoms with Crippen molar-refractivity contribution < 1.29 is 28.8 Å². The van der Waals surface area contributed by atoms with Gasteiger partial charge in [0.1, 0.15) is 6.34 Å². The van der Waals surface area contributed by atoms with E-state index in [1.807, 2.05) is 0 Å². The summed E-state index contributed by atoms with van der Waals surface area (Å²) in [5.74, 6) is -1.23. The second-order valence-electron chi connectivity index (χ2n) is 3.04. The quantitative estimate of drug-likeness (QED) is 0.503. The van der Waals surface area contributed by atoms with E-state index in [4.69, 9.17) is 0 Å². The maximum atomic E-state index is 10.6. The predicted octanol–water partition coefficient (Wildman–Crippen LogP) is -4.20. The average Bonchev–Trinajstić information content (AvgIpc) is 2.30. The van der Waals surface area contributed by atoms with Crippen LogP contribution < -0.4 is 34.3 Å². The van der Waals surface area contributed by atoms with E-state index in [1.165, 1.54) is 12.3 Å². The molecule has 1 aromatic rings. The summed E-state index contributed by atoms with van der Waals surface area (Å²) in [5.41, 5.74) is 0.704. The Balaban J connectivity index is 0.00000128. The Hall–Kier alpha value is -1.51. The molecule has 1 aliphatic rings. The monoisotopic (exact) mass is 212 g/mol. The molecule has 7 heteroatoms. The van der Waals surface area contributed by atoms with E-state index in [2.05, 4.69) is 15.4 Å². The SMILES string of the molecule is O=C([O-])c1cncc(N2CCNC=N2)c1.[Li+]. The first-order valence-corrected chi connectivity index (χ1v) is 4.47. The molecule has 0 saturated carbocycles. The van der Waals surface area contributed by atoms with Crippen LogP contribution in [0, 0.1) is 0 Å². The van der Waals surface area contributed by atoms with Gasteiger partial charge in [-0.2, -0.15) is 5.10 Å². The van der Waals surface area contributed by atoms with Crippen LogP contribution in [0.4, 0.5) is 5.69 Å². The smallest absolute Gasteiger partial charge is 0.545 e. The van der Waals surface area contributed by atoms with E-state index in [0.29, 0.717) is 12.2 Å². The summed E-state index contributed by atoms with van der Waals surface area (Å²) >= 11 is 0. The number of aromatic carboxylic acids is 1. The third kappa shape index (κ3) is 2.75. The Bertz CT molecular complexity index is 410. The first-order valence-electron chi connectivity index (χ1n) is 4.47. The molecule has 0 spiro atoms. The van der Waals surface area contributed by atoms with Crippen molar-refractivity contribution in [2.75, 3.05) is 18.1 Å². The molecule has 0 atom stereocenters. The topological polar surface area (TPSA) is 80.6 Å². The van der Waals surface area contributed by atoms with Crippen LogP contribution in [-0.2, 0) is 0 Å². The van der Waals surface area contributed by atoms with Crippen molar-refractivity contribution in [1.29, 1.82) is 0 Å². The molecule has 0 fully saturated rings. The fourth-order valence-corrected chi connectivity index (χ4v) is 1.28. The van der Waals surface area contributed by atoms with Gasteiger partial charge in [0.15, 0.2) is 0 Å². The molecule has 0 radical (unpaired) electrons. The molecular weight excluding hydrogens is 203 g/mol. The number of rotatable bonds is 2. The minimum atomic E-state index is -1.23. The van der Waals surface area contributed by atoms with Crippen molar-refractivity contribution in [3.8, 4) is 0 Å². The molecule has 0 bridgehead atoms. The molecule has 1 N–H and O–H groups in total. The Morgan fingerprint density at radius 2 is 2.31 bits per heavy atom. The van der Waals surface area contributed by atoms with Crippen molar-refractivity contribution in [2.45, 2.75) is 0 Å². The number of carbonyl (C=O) groups excluding carboxylic acids is 1. The van der Waals surface area contributed by atoms with Crippen LogP contribution in [0.1, 0.15) is 10.4 Å². The molecule has 0 amide bonds. The van der Waals surface area contributed by atoms with Crippen molar-refractivity contribution in [3.05, 3.63) is 24.0 Å². The molecule has 2 heterocycles. The minimum Gasteiger partial charge on any atom is -0.545 e. The summed E-state index contributed by atoms with van der Waals surface area (Å²) in [6.45, 7) is 1.44. The fraction of sp³-hybridized carbons (Fsp3) is 0.222. The van der Waals surface area contributed by atoms with E-state index in [-0.39, 0.29) is 24.4 Å². The zero-order valence-electron chi connectivity index (χ0n) is 8.88. The van der Waals surface area contributed by atoms with Gasteiger partial charge in [0.25, 0.3) is 0 Å². The van der Waals surface area contributed by atoms with E-state index in [9.17, 15) is 9.90 Å². The number of hydrogen-bond acceptors (Lipinski definition) is 6. The molecular formula is C9H9LiN4O2. The van der Waals surface area contributed by atoms with Crippen LogP contribution in [0.5, 0.6) is 0 Å². The van der Waals surface area contributed by atoms with Gasteiger partial charge in [0, 0.05) is 18.3 Å². The van der Waals surface area contributed by atoms with Crippen LogP contribution in [0.3, 0.4) is 0 Å². The van der Waals surface area contributed by atoms with Gasteiger partial charge in [-0.15, -0.1) is 0 Å². The molecule has 0 unspecified atom stereocenters. The summed E-state index contributed by atoms with van der Waals surface area (Å²) in [5, 5.41) is 19.3. The number of carboxylic acids is 1. The van der Waals surface area contributed by atoms with Crippen molar-refractivity contribution in [2.24, 2.45) is 5.10 Å². The van der Waals surface area contributed by atoms with Gasteiger partial charge in [0.05, 0.1) is 24.4 Å². The number of anilines is 1. The zero-order chi connectivity index (χ0) is 10.7. The van der Waals surface area contributed by atoms with Gasteiger partial charge in [-0.05, 0) is 6.07 Å². The normalized spacial score (nSPS) is 13.9. The summed E-state index contributed by atoms with van der Waals surface area (Å²) in [4.78, 5) is 14.4. The maximum Gasteiger partial charge on any atom is 1.00 e. The zero-order valence-corrected chi connectivity index (χ0v) is 8.88. The molecule has 16 heavy (non-hydrogen) atoms. The van der Waals surface area contributed by atoms with Gasteiger partial charge in [-0.25, -0.2) is 0 Å². The van der Waals surface area contributed by atoms with Crippen molar-refractivity contribution >= 4 is 18.0 Å². The summed E-state index contributed by atoms with van der Waals surface area (Å²) in [6.07, 6.45) is 4.38. The molecule has 2 rings (SSSR count). The van der Waals surface area contributed by atoms with Crippen molar-refractivity contribution in [1.82, 2.24) is 10.3 Å². The first kappa shape index (κ1) is 12.6. The van der Waals surface area contributed by atoms with Gasteiger partial charge in [-0.1, -0.05) is 0 Å². The van der Waals surface area contributed by atoms with Crippen LogP contribution in [0.15, 0.2) is 23.6 Å². The molecule has 0 aromatic carbocycles. The van der Waals surface area contributed by atoms with Gasteiger partial charge in [0.2, 0.25) is 0 Å². The van der Waals surface area contributed by atoms with Crippen molar-refractivity contribution in [3.63, 3.8) is 0 Å². The van der Waals surface area contributed by atoms with Crippen LogP contribution in [0.25, 0.3) is 0 Å². The average molecular weight is 212 g/mol. The summed E-state index contributed by atoms with van der Waals surface area (Å²) < 4.78 is 0. The standard InChI is InChI=1S/C9H10N4O2.Li/c14-9(15)7-3-8(5-11-4-7)13-2-1-10-6-12-13;/h3-6H,1-2H2,(H,10,12)(H,14,15);/q;+1/p-1. The number of pyridine rings is 1. The second-order valence-corrected chi connectivity index (χ2v) is 3.04. The Morgan fingerprint density at radius 1 is 1.50 bits per heavy atom. The number of aromatic nitrogens is 1. The molecule has 0 saturated heterocycles. The van der Waals surface area contributed by atoms with Crippen LogP contribution in [-0.4, -0.2) is 30.4 Å². The summed E-state index contributed by atoms with van der Waals surface area (Å²) in [7, 11) is 0. The Kier molecular flexibility index (Phi) is 4.35. The third-order valence-corrected chi connectivity index (χ3v) is 2.01. The van der Waals surface area contributed by atoms with E-state index < -0.39 is 5.97 Å². The Labute approximate surface area is 105 Å². The largest absolute Gasteiger partial charge is 1.00 e. The minimum absolute atomic E-state index is 0. The van der Waals surface area contributed by atoms with Crippen LogP contribution >= 0.6 is 0 Å². The van der Waals surface area contributed by atoms with E-state index >= 15 is 0 Å². The number of carboxylic acid groups (broad SMARTS) is 1. The predicted molar refractivity (Wildman–Crippen MR) is 52.4 cm³/mol. The Morgan fingerprint density at radius 3 is 2.94 bits per heavy atom. The van der Waals surface area contributed by atoms with Gasteiger partial charge < -0.3 is 15.2 Å². The van der Waals surface area contributed by atoms with Crippen LogP contribution in [0.2, 0.25) is 0 Å². The molecule has 1 aromatic heterocycles. The third-order valence-electron chi connectivity index (χ3n) is 2.01. The molecule has 6 nitrogen and oxygen atoms in total. The first-order chi connectivity index (χ1) is 7.27. The molecule has 1 aliphatic heterocycles. The van der Waals surface area contributed by atoms with E-state index in [1.54, 1.807) is 17.5 Å². The number of nitrogens with zero attached hydrogens (tertiary/aromatic N) is 3. The second kappa shape index (κ2) is 5.54. The number of nitrogens with one attached hydrogen (secondary N) is 1.